The minimum absolute atomic E-state index is 0.0798. The molecule has 2 nitrogen and oxygen atoms in total. The van der Waals surface area contributed by atoms with Gasteiger partial charge in [0.15, 0.2) is 0 Å². The van der Waals surface area contributed by atoms with Gasteiger partial charge in [-0.2, -0.15) is 13.2 Å². The molecule has 1 heterocycles. The van der Waals surface area contributed by atoms with Crippen LogP contribution in [-0.4, -0.2) is 31.3 Å². The molecule has 4 saturated carbocycles. The van der Waals surface area contributed by atoms with E-state index >= 15 is 0 Å². The Kier molecular flexibility index (Phi) is 1.96. The molecule has 5 heteroatoms. The maximum absolute atomic E-state index is 12.8. The Hall–Kier alpha value is -0.290. The number of halogens is 3. The fourth-order valence-corrected chi connectivity index (χ4v) is 4.28. The van der Waals surface area contributed by atoms with E-state index in [4.69, 9.17) is 0 Å². The summed E-state index contributed by atoms with van der Waals surface area (Å²) in [4.78, 5) is 0. The molecule has 0 aromatic heterocycles. The summed E-state index contributed by atoms with van der Waals surface area (Å²) in [7, 11) is 0. The molecule has 1 aliphatic heterocycles. The third kappa shape index (κ3) is 1.32. The first-order valence-corrected chi connectivity index (χ1v) is 6.91. The molecule has 0 radical (unpaired) electrons. The summed E-state index contributed by atoms with van der Waals surface area (Å²) in [5.41, 5.74) is -0.808. The van der Waals surface area contributed by atoms with Crippen LogP contribution in [0.3, 0.4) is 0 Å². The molecule has 0 aromatic carbocycles. The largest absolute Gasteiger partial charge is 0.395 e. The zero-order chi connectivity index (χ0) is 12.6. The lowest BCUT2D eigenvalue weighted by atomic mass is 9.35. The first-order chi connectivity index (χ1) is 8.39. The van der Waals surface area contributed by atoms with Gasteiger partial charge in [0.2, 0.25) is 0 Å². The van der Waals surface area contributed by atoms with Crippen LogP contribution in [0, 0.1) is 16.7 Å². The summed E-state index contributed by atoms with van der Waals surface area (Å²) in [5, 5.41) is 6.55. The van der Waals surface area contributed by atoms with Crippen LogP contribution in [0.5, 0.6) is 0 Å². The normalized spacial score (nSPS) is 44.8. The summed E-state index contributed by atoms with van der Waals surface area (Å²) in [5.74, 6) is 0.790. The van der Waals surface area contributed by atoms with Crippen LogP contribution in [0.25, 0.3) is 0 Å². The highest BCUT2D eigenvalue weighted by atomic mass is 19.4. The molecule has 4 aliphatic carbocycles. The minimum atomic E-state index is -4.01. The first kappa shape index (κ1) is 11.5. The van der Waals surface area contributed by atoms with Gasteiger partial charge in [0.25, 0.3) is 0 Å². The molecular weight excluding hydrogens is 241 g/mol. The fraction of sp³-hybridized carbons (Fsp3) is 1.00. The molecule has 5 fully saturated rings. The Morgan fingerprint density at radius 1 is 1.11 bits per heavy atom. The van der Waals surface area contributed by atoms with Crippen molar-refractivity contribution in [1.82, 2.24) is 10.6 Å². The Labute approximate surface area is 105 Å². The lowest BCUT2D eigenvalue weighted by Gasteiger charge is -2.75. The van der Waals surface area contributed by atoms with E-state index in [1.54, 1.807) is 0 Å². The number of nitrogens with one attached hydrogen (secondary N) is 2. The van der Waals surface area contributed by atoms with E-state index in [-0.39, 0.29) is 12.1 Å². The van der Waals surface area contributed by atoms with Gasteiger partial charge in [0.05, 0.1) is 5.41 Å². The van der Waals surface area contributed by atoms with Crippen molar-refractivity contribution in [2.75, 3.05) is 19.6 Å². The zero-order valence-electron chi connectivity index (χ0n) is 10.4. The van der Waals surface area contributed by atoms with Crippen molar-refractivity contribution in [1.29, 1.82) is 0 Å². The van der Waals surface area contributed by atoms with Crippen LogP contribution in [0.2, 0.25) is 0 Å². The van der Waals surface area contributed by atoms with Crippen molar-refractivity contribution in [3.8, 4) is 0 Å². The Balaban J connectivity index is 1.31. The van der Waals surface area contributed by atoms with Crippen LogP contribution >= 0.6 is 0 Å². The van der Waals surface area contributed by atoms with Crippen molar-refractivity contribution in [3.05, 3.63) is 0 Å². The van der Waals surface area contributed by atoms with E-state index in [2.05, 4.69) is 10.6 Å². The number of rotatable bonds is 4. The smallest absolute Gasteiger partial charge is 0.316 e. The third-order valence-electron chi connectivity index (χ3n) is 5.98. The number of hydrogen-bond acceptors (Lipinski definition) is 2. The van der Waals surface area contributed by atoms with Crippen molar-refractivity contribution >= 4 is 0 Å². The van der Waals surface area contributed by atoms with Crippen LogP contribution in [0.1, 0.15) is 32.1 Å². The van der Waals surface area contributed by atoms with E-state index in [0.717, 1.165) is 38.3 Å². The van der Waals surface area contributed by atoms with Gasteiger partial charge in [0.1, 0.15) is 0 Å². The van der Waals surface area contributed by atoms with Gasteiger partial charge < -0.3 is 10.6 Å². The van der Waals surface area contributed by atoms with E-state index < -0.39 is 11.6 Å². The topological polar surface area (TPSA) is 24.1 Å². The predicted molar refractivity (Wildman–Crippen MR) is 61.1 cm³/mol. The molecule has 1 saturated heterocycles. The van der Waals surface area contributed by atoms with Gasteiger partial charge in [-0.3, -0.25) is 0 Å². The summed E-state index contributed by atoms with van der Waals surface area (Å²) in [6.07, 6.45) is -0.0471. The lowest BCUT2D eigenvalue weighted by molar-refractivity contribution is -0.216. The quantitative estimate of drug-likeness (QED) is 0.808. The summed E-state index contributed by atoms with van der Waals surface area (Å²) >= 11 is 0. The van der Waals surface area contributed by atoms with Gasteiger partial charge in [-0.15, -0.1) is 0 Å². The second-order valence-corrected chi connectivity index (χ2v) is 7.16. The highest BCUT2D eigenvalue weighted by Crippen LogP contribution is 2.71. The predicted octanol–water partition coefficient (Wildman–Crippen LogP) is 2.06. The highest BCUT2D eigenvalue weighted by Gasteiger charge is 2.72. The van der Waals surface area contributed by atoms with Crippen molar-refractivity contribution in [2.45, 2.75) is 43.8 Å². The van der Waals surface area contributed by atoms with Crippen LogP contribution in [-0.2, 0) is 0 Å². The average molecular weight is 260 g/mol. The number of alkyl halides is 3. The lowest BCUT2D eigenvalue weighted by Crippen LogP contribution is -2.79. The molecule has 2 bridgehead atoms. The van der Waals surface area contributed by atoms with E-state index in [0.29, 0.717) is 18.3 Å². The maximum Gasteiger partial charge on any atom is 0.395 e. The maximum atomic E-state index is 12.8. The second-order valence-electron chi connectivity index (χ2n) is 7.16. The van der Waals surface area contributed by atoms with E-state index in [1.807, 2.05) is 0 Å². The standard InChI is InChI=1S/C13H19F3N2/c14-13(15,16)11(1-2-11)8-18-12-5-10(6-12,7-12)9-3-17-4-9/h9,17-18H,1-8H2. The van der Waals surface area contributed by atoms with E-state index in [9.17, 15) is 13.2 Å². The molecule has 0 amide bonds. The van der Waals surface area contributed by atoms with Crippen LogP contribution in [0.4, 0.5) is 13.2 Å². The Bertz CT molecular complexity index is 362. The van der Waals surface area contributed by atoms with Gasteiger partial charge in [-0.25, -0.2) is 0 Å². The van der Waals surface area contributed by atoms with Crippen LogP contribution < -0.4 is 10.6 Å². The average Bonchev–Trinajstić information content (AvgIpc) is 2.82. The molecule has 0 unspecified atom stereocenters. The SMILES string of the molecule is FC(F)(F)C1(CNC23CC(C4CNC4)(C2)C3)CC1. The molecule has 0 aromatic rings. The molecule has 5 rings (SSSR count). The summed E-state index contributed by atoms with van der Waals surface area (Å²) in [6, 6.07) is 0. The molecule has 0 spiro atoms. The molecular formula is C13H19F3N2. The first-order valence-electron chi connectivity index (χ1n) is 6.91. The summed E-state index contributed by atoms with van der Waals surface area (Å²) in [6.45, 7) is 2.38. The third-order valence-corrected chi connectivity index (χ3v) is 5.98. The van der Waals surface area contributed by atoms with Crippen molar-refractivity contribution in [3.63, 3.8) is 0 Å². The van der Waals surface area contributed by atoms with E-state index in [1.165, 1.54) is 0 Å². The monoisotopic (exact) mass is 260 g/mol. The molecule has 18 heavy (non-hydrogen) atoms. The van der Waals surface area contributed by atoms with Gasteiger partial charge in [-0.05, 0) is 56.5 Å². The second kappa shape index (κ2) is 3.06. The van der Waals surface area contributed by atoms with Gasteiger partial charge in [0, 0.05) is 12.1 Å². The van der Waals surface area contributed by atoms with Crippen molar-refractivity contribution < 1.29 is 13.2 Å². The molecule has 5 aliphatic rings. The van der Waals surface area contributed by atoms with Gasteiger partial charge in [-0.1, -0.05) is 0 Å². The van der Waals surface area contributed by atoms with Gasteiger partial charge >= 0.3 is 6.18 Å². The Morgan fingerprint density at radius 2 is 1.72 bits per heavy atom. The fourth-order valence-electron chi connectivity index (χ4n) is 4.28. The molecule has 2 N–H and O–H groups in total. The Morgan fingerprint density at radius 3 is 2.11 bits per heavy atom. The van der Waals surface area contributed by atoms with Crippen LogP contribution in [0.15, 0.2) is 0 Å². The molecule has 0 atom stereocenters. The molecule has 102 valence electrons. The minimum Gasteiger partial charge on any atom is -0.316 e. The zero-order valence-corrected chi connectivity index (χ0v) is 10.4. The number of hydrogen-bond donors (Lipinski definition) is 2. The highest BCUT2D eigenvalue weighted by molar-refractivity contribution is 5.26. The van der Waals surface area contributed by atoms with Crippen molar-refractivity contribution in [2.24, 2.45) is 16.7 Å². The summed E-state index contributed by atoms with van der Waals surface area (Å²) < 4.78 is 38.5.